The Balaban J connectivity index is 2.00. The third-order valence-electron chi connectivity index (χ3n) is 2.22. The molecule has 0 amide bonds. The molecule has 2 rings (SSSR count). The van der Waals surface area contributed by atoms with E-state index in [2.05, 4.69) is 9.97 Å². The summed E-state index contributed by atoms with van der Waals surface area (Å²) < 4.78 is 5.47. The van der Waals surface area contributed by atoms with Crippen LogP contribution in [-0.2, 0) is 13.2 Å². The van der Waals surface area contributed by atoms with E-state index in [1.165, 1.54) is 0 Å². The Kier molecular flexibility index (Phi) is 3.90. The minimum atomic E-state index is 0.371. The fourth-order valence-corrected chi connectivity index (χ4v) is 1.48. The smallest absolute Gasteiger partial charge is 0.232 e. The standard InChI is InChI=1S/C12H12ClN3O/c13-11-4-2-1-3-9(11)8-17-12-7-15-10(5-14)6-16-12/h1-4,6-7H,5,8,14H2. The highest BCUT2D eigenvalue weighted by molar-refractivity contribution is 6.31. The predicted molar refractivity (Wildman–Crippen MR) is 65.7 cm³/mol. The van der Waals surface area contributed by atoms with Gasteiger partial charge >= 0.3 is 0 Å². The third-order valence-corrected chi connectivity index (χ3v) is 2.59. The fourth-order valence-electron chi connectivity index (χ4n) is 1.29. The van der Waals surface area contributed by atoms with E-state index >= 15 is 0 Å². The van der Waals surface area contributed by atoms with E-state index in [4.69, 9.17) is 22.1 Å². The number of ether oxygens (including phenoxy) is 1. The van der Waals surface area contributed by atoms with Gasteiger partial charge in [-0.2, -0.15) is 0 Å². The molecule has 1 heterocycles. The largest absolute Gasteiger partial charge is 0.472 e. The molecule has 0 aliphatic rings. The van der Waals surface area contributed by atoms with Gasteiger partial charge in [-0.05, 0) is 6.07 Å². The zero-order chi connectivity index (χ0) is 12.1. The molecule has 0 aliphatic carbocycles. The summed E-state index contributed by atoms with van der Waals surface area (Å²) in [5, 5.41) is 0.680. The van der Waals surface area contributed by atoms with Gasteiger partial charge in [0.15, 0.2) is 0 Å². The molecule has 17 heavy (non-hydrogen) atoms. The SMILES string of the molecule is NCc1cnc(OCc2ccccc2Cl)cn1. The number of benzene rings is 1. The van der Waals surface area contributed by atoms with Gasteiger partial charge in [0.25, 0.3) is 0 Å². The summed E-state index contributed by atoms with van der Waals surface area (Å²) in [5.74, 6) is 0.460. The Morgan fingerprint density at radius 1 is 1.18 bits per heavy atom. The minimum absolute atomic E-state index is 0.371. The molecule has 0 bridgehead atoms. The molecule has 1 aromatic heterocycles. The van der Waals surface area contributed by atoms with E-state index in [1.807, 2.05) is 24.3 Å². The van der Waals surface area contributed by atoms with Crippen LogP contribution < -0.4 is 10.5 Å². The van der Waals surface area contributed by atoms with Gasteiger partial charge in [-0.3, -0.25) is 4.98 Å². The highest BCUT2D eigenvalue weighted by Crippen LogP contribution is 2.16. The highest BCUT2D eigenvalue weighted by atomic mass is 35.5. The Bertz CT molecular complexity index is 487. The van der Waals surface area contributed by atoms with E-state index in [9.17, 15) is 0 Å². The molecule has 0 aliphatic heterocycles. The summed E-state index contributed by atoms with van der Waals surface area (Å²) in [5.41, 5.74) is 7.07. The molecule has 0 unspecified atom stereocenters. The summed E-state index contributed by atoms with van der Waals surface area (Å²) in [4.78, 5) is 8.17. The average Bonchev–Trinajstić information content (AvgIpc) is 2.38. The van der Waals surface area contributed by atoms with Gasteiger partial charge in [0.05, 0.1) is 18.1 Å². The van der Waals surface area contributed by atoms with Crippen LogP contribution in [-0.4, -0.2) is 9.97 Å². The summed E-state index contributed by atoms with van der Waals surface area (Å²) in [6, 6.07) is 7.52. The van der Waals surface area contributed by atoms with Crippen molar-refractivity contribution < 1.29 is 4.74 Å². The van der Waals surface area contributed by atoms with Crippen LogP contribution in [0.4, 0.5) is 0 Å². The lowest BCUT2D eigenvalue weighted by Gasteiger charge is -2.06. The number of hydrogen-bond acceptors (Lipinski definition) is 4. The maximum absolute atomic E-state index is 6.01. The number of hydrogen-bond donors (Lipinski definition) is 1. The van der Waals surface area contributed by atoms with Gasteiger partial charge in [0.1, 0.15) is 6.61 Å². The van der Waals surface area contributed by atoms with E-state index in [0.29, 0.717) is 24.1 Å². The lowest BCUT2D eigenvalue weighted by atomic mass is 10.2. The Hall–Kier alpha value is -1.65. The molecule has 0 saturated carbocycles. The molecular weight excluding hydrogens is 238 g/mol. The van der Waals surface area contributed by atoms with Crippen molar-refractivity contribution in [2.24, 2.45) is 5.73 Å². The van der Waals surface area contributed by atoms with Gasteiger partial charge < -0.3 is 10.5 Å². The van der Waals surface area contributed by atoms with Crippen LogP contribution in [0.15, 0.2) is 36.7 Å². The summed E-state index contributed by atoms with van der Waals surface area (Å²) >= 11 is 6.01. The molecule has 88 valence electrons. The summed E-state index contributed by atoms with van der Waals surface area (Å²) in [7, 11) is 0. The van der Waals surface area contributed by atoms with E-state index in [1.54, 1.807) is 12.4 Å². The number of nitrogens with zero attached hydrogens (tertiary/aromatic N) is 2. The second-order valence-corrected chi connectivity index (χ2v) is 3.84. The predicted octanol–water partition coefficient (Wildman–Crippen LogP) is 2.17. The number of rotatable bonds is 4. The van der Waals surface area contributed by atoms with Crippen LogP contribution in [0, 0.1) is 0 Å². The van der Waals surface area contributed by atoms with Crippen molar-refractivity contribution in [3.63, 3.8) is 0 Å². The molecule has 0 fully saturated rings. The second kappa shape index (κ2) is 5.61. The van der Waals surface area contributed by atoms with E-state index in [-0.39, 0.29) is 0 Å². The molecule has 2 aromatic rings. The molecule has 1 aromatic carbocycles. The first kappa shape index (κ1) is 11.8. The number of nitrogens with two attached hydrogens (primary N) is 1. The molecule has 0 saturated heterocycles. The Morgan fingerprint density at radius 2 is 2.00 bits per heavy atom. The molecule has 0 atom stereocenters. The Labute approximate surface area is 104 Å². The number of aromatic nitrogens is 2. The second-order valence-electron chi connectivity index (χ2n) is 3.43. The quantitative estimate of drug-likeness (QED) is 0.902. The normalized spacial score (nSPS) is 10.2. The average molecular weight is 250 g/mol. The van der Waals surface area contributed by atoms with Gasteiger partial charge in [0, 0.05) is 17.1 Å². The monoisotopic (exact) mass is 249 g/mol. The van der Waals surface area contributed by atoms with Crippen LogP contribution in [0.25, 0.3) is 0 Å². The topological polar surface area (TPSA) is 61.0 Å². The maximum atomic E-state index is 6.01. The van der Waals surface area contributed by atoms with Gasteiger partial charge in [-0.25, -0.2) is 4.98 Å². The summed E-state index contributed by atoms with van der Waals surface area (Å²) in [6.07, 6.45) is 3.15. The lowest BCUT2D eigenvalue weighted by molar-refractivity contribution is 0.292. The molecule has 2 N–H and O–H groups in total. The van der Waals surface area contributed by atoms with Gasteiger partial charge in [0.2, 0.25) is 5.88 Å². The molecule has 0 spiro atoms. The van der Waals surface area contributed by atoms with E-state index in [0.717, 1.165) is 11.3 Å². The maximum Gasteiger partial charge on any atom is 0.232 e. The van der Waals surface area contributed by atoms with Crippen LogP contribution in [0.5, 0.6) is 5.88 Å². The van der Waals surface area contributed by atoms with Crippen molar-refractivity contribution in [2.45, 2.75) is 13.2 Å². The fraction of sp³-hybridized carbons (Fsp3) is 0.167. The highest BCUT2D eigenvalue weighted by Gasteiger charge is 2.01. The number of halogens is 1. The van der Waals surface area contributed by atoms with Crippen LogP contribution in [0.2, 0.25) is 5.02 Å². The van der Waals surface area contributed by atoms with Crippen molar-refractivity contribution in [3.05, 3.63) is 52.9 Å². The first-order chi connectivity index (χ1) is 8.29. The molecule has 4 nitrogen and oxygen atoms in total. The molecule has 0 radical (unpaired) electrons. The minimum Gasteiger partial charge on any atom is -0.472 e. The van der Waals surface area contributed by atoms with Crippen LogP contribution in [0.1, 0.15) is 11.3 Å². The van der Waals surface area contributed by atoms with Crippen LogP contribution in [0.3, 0.4) is 0 Å². The van der Waals surface area contributed by atoms with Crippen LogP contribution >= 0.6 is 11.6 Å². The van der Waals surface area contributed by atoms with Crippen molar-refractivity contribution in [3.8, 4) is 5.88 Å². The van der Waals surface area contributed by atoms with Gasteiger partial charge in [-0.15, -0.1) is 0 Å². The van der Waals surface area contributed by atoms with Crippen molar-refractivity contribution in [2.75, 3.05) is 0 Å². The molecular formula is C12H12ClN3O. The van der Waals surface area contributed by atoms with Gasteiger partial charge in [-0.1, -0.05) is 29.8 Å². The van der Waals surface area contributed by atoms with Crippen molar-refractivity contribution >= 4 is 11.6 Å². The summed E-state index contributed by atoms with van der Waals surface area (Å²) in [6.45, 7) is 0.744. The Morgan fingerprint density at radius 3 is 2.65 bits per heavy atom. The zero-order valence-electron chi connectivity index (χ0n) is 9.14. The van der Waals surface area contributed by atoms with Crippen molar-refractivity contribution in [1.82, 2.24) is 9.97 Å². The first-order valence-corrected chi connectivity index (χ1v) is 5.54. The zero-order valence-corrected chi connectivity index (χ0v) is 9.89. The first-order valence-electron chi connectivity index (χ1n) is 5.17. The van der Waals surface area contributed by atoms with Crippen molar-refractivity contribution in [1.29, 1.82) is 0 Å². The lowest BCUT2D eigenvalue weighted by Crippen LogP contribution is -2.02. The third kappa shape index (κ3) is 3.15. The van der Waals surface area contributed by atoms with E-state index < -0.39 is 0 Å². The molecule has 5 heteroatoms.